The first-order chi connectivity index (χ1) is 15.5. The highest BCUT2D eigenvalue weighted by molar-refractivity contribution is 5.92. The molecule has 0 saturated carbocycles. The normalized spacial score (nSPS) is 17.1. The van der Waals surface area contributed by atoms with E-state index in [1.165, 1.54) is 18.2 Å². The van der Waals surface area contributed by atoms with Crippen LogP contribution in [0, 0.1) is 11.7 Å². The van der Waals surface area contributed by atoms with Crippen molar-refractivity contribution in [1.29, 1.82) is 0 Å². The van der Waals surface area contributed by atoms with Crippen molar-refractivity contribution in [2.75, 3.05) is 0 Å². The average molecular weight is 433 g/mol. The van der Waals surface area contributed by atoms with Gasteiger partial charge in [0.15, 0.2) is 5.69 Å². The van der Waals surface area contributed by atoms with Gasteiger partial charge >= 0.3 is 0 Å². The molecule has 1 aliphatic heterocycles. The minimum atomic E-state index is -0.847. The lowest BCUT2D eigenvalue weighted by Crippen LogP contribution is -2.38. The standard InChI is InChI=1S/C24H24FN5O2/c25-18-9-4-10-22(31)23(18)21(14-19(26)16-6-5-12-27-15-16)28-24(32)20-11-13-30(29-20)17-7-2-1-3-8-17/h1-5,7-13,15-16,19,21,31H,6,14,26H2,(H,28,32). The molecule has 3 unspecified atom stereocenters. The van der Waals surface area contributed by atoms with Gasteiger partial charge in [0, 0.05) is 30.6 Å². The second kappa shape index (κ2) is 9.57. The smallest absolute Gasteiger partial charge is 0.272 e. The van der Waals surface area contributed by atoms with Crippen LogP contribution < -0.4 is 11.1 Å². The predicted octanol–water partition coefficient (Wildman–Crippen LogP) is 3.51. The molecule has 0 radical (unpaired) electrons. The average Bonchev–Trinajstić information content (AvgIpc) is 3.30. The van der Waals surface area contributed by atoms with E-state index in [1.807, 2.05) is 36.4 Å². The number of aliphatic imine (C=N–C) groups is 1. The number of nitrogens with one attached hydrogen (secondary N) is 1. The third kappa shape index (κ3) is 4.76. The van der Waals surface area contributed by atoms with Crippen molar-refractivity contribution in [3.8, 4) is 11.4 Å². The van der Waals surface area contributed by atoms with Crippen molar-refractivity contribution in [1.82, 2.24) is 15.1 Å². The zero-order valence-electron chi connectivity index (χ0n) is 17.3. The van der Waals surface area contributed by atoms with Crippen LogP contribution in [0.4, 0.5) is 4.39 Å². The number of phenolic OH excluding ortho intramolecular Hbond substituents is 1. The van der Waals surface area contributed by atoms with Gasteiger partial charge in [-0.2, -0.15) is 5.10 Å². The van der Waals surface area contributed by atoms with Crippen molar-refractivity contribution >= 4 is 12.1 Å². The number of halogens is 1. The zero-order chi connectivity index (χ0) is 22.5. The molecule has 0 spiro atoms. The van der Waals surface area contributed by atoms with Crippen LogP contribution in [0.3, 0.4) is 0 Å². The van der Waals surface area contributed by atoms with Crippen LogP contribution in [0.2, 0.25) is 0 Å². The van der Waals surface area contributed by atoms with E-state index in [2.05, 4.69) is 15.4 Å². The SMILES string of the molecule is NC(CC(NC(=O)c1ccn(-c2ccccc2)n1)c1c(O)cccc1F)C1C=NC=CC1. The molecular formula is C24H24FN5O2. The fraction of sp³-hybridized carbons (Fsp3) is 0.208. The second-order valence-corrected chi connectivity index (χ2v) is 7.66. The number of aromatic nitrogens is 2. The van der Waals surface area contributed by atoms with E-state index in [0.717, 1.165) is 5.69 Å². The van der Waals surface area contributed by atoms with Crippen LogP contribution in [0.5, 0.6) is 5.75 Å². The molecule has 4 N–H and O–H groups in total. The van der Waals surface area contributed by atoms with Crippen molar-refractivity contribution in [3.05, 3.63) is 90.1 Å². The first kappa shape index (κ1) is 21.5. The maximum atomic E-state index is 14.7. The van der Waals surface area contributed by atoms with Gasteiger partial charge in [0.1, 0.15) is 11.6 Å². The summed E-state index contributed by atoms with van der Waals surface area (Å²) in [6, 6.07) is 13.7. The van der Waals surface area contributed by atoms with Crippen molar-refractivity contribution < 1.29 is 14.3 Å². The molecule has 4 rings (SSSR count). The van der Waals surface area contributed by atoms with Gasteiger partial charge in [-0.1, -0.05) is 30.3 Å². The molecular weight excluding hydrogens is 409 g/mol. The Hall–Kier alpha value is -3.78. The molecule has 8 heteroatoms. The molecule has 0 bridgehead atoms. The summed E-state index contributed by atoms with van der Waals surface area (Å²) in [6.45, 7) is 0. The van der Waals surface area contributed by atoms with Crippen LogP contribution in [0.1, 0.15) is 34.9 Å². The van der Waals surface area contributed by atoms with E-state index < -0.39 is 23.8 Å². The molecule has 0 aliphatic carbocycles. The molecule has 164 valence electrons. The number of nitrogens with zero attached hydrogens (tertiary/aromatic N) is 3. The van der Waals surface area contributed by atoms with Crippen LogP contribution in [0.15, 0.2) is 78.1 Å². The number of phenols is 1. The fourth-order valence-electron chi connectivity index (χ4n) is 3.75. The molecule has 3 atom stereocenters. The van der Waals surface area contributed by atoms with Gasteiger partial charge in [0.25, 0.3) is 5.91 Å². The van der Waals surface area contributed by atoms with E-state index in [0.29, 0.717) is 6.42 Å². The van der Waals surface area contributed by atoms with E-state index in [1.54, 1.807) is 29.4 Å². The van der Waals surface area contributed by atoms with Gasteiger partial charge in [-0.25, -0.2) is 9.07 Å². The lowest BCUT2D eigenvalue weighted by molar-refractivity contribution is 0.0925. The number of para-hydroxylation sites is 1. The Bertz CT molecular complexity index is 1120. The number of nitrogens with two attached hydrogens (primary N) is 1. The Morgan fingerprint density at radius 1 is 1.22 bits per heavy atom. The Morgan fingerprint density at radius 3 is 2.75 bits per heavy atom. The number of hydrogen-bond donors (Lipinski definition) is 3. The van der Waals surface area contributed by atoms with Crippen LogP contribution in [-0.4, -0.2) is 33.1 Å². The molecule has 32 heavy (non-hydrogen) atoms. The maximum Gasteiger partial charge on any atom is 0.272 e. The number of allylic oxidation sites excluding steroid dienone is 1. The van der Waals surface area contributed by atoms with E-state index in [9.17, 15) is 14.3 Å². The molecule has 0 saturated heterocycles. The molecule has 2 heterocycles. The first-order valence-electron chi connectivity index (χ1n) is 10.4. The summed E-state index contributed by atoms with van der Waals surface area (Å²) in [5.74, 6) is -1.40. The predicted molar refractivity (Wildman–Crippen MR) is 120 cm³/mol. The lowest BCUT2D eigenvalue weighted by Gasteiger charge is -2.27. The van der Waals surface area contributed by atoms with Gasteiger partial charge in [0.2, 0.25) is 0 Å². The molecule has 1 amide bonds. The molecule has 0 fully saturated rings. The number of benzene rings is 2. The largest absolute Gasteiger partial charge is 0.507 e. The highest BCUT2D eigenvalue weighted by Gasteiger charge is 2.28. The van der Waals surface area contributed by atoms with Crippen molar-refractivity contribution in [3.63, 3.8) is 0 Å². The minimum absolute atomic E-state index is 0.00193. The summed E-state index contributed by atoms with van der Waals surface area (Å²) in [6.07, 6.45) is 7.96. The van der Waals surface area contributed by atoms with Crippen molar-refractivity contribution in [2.24, 2.45) is 16.6 Å². The van der Waals surface area contributed by atoms with E-state index in [4.69, 9.17) is 5.73 Å². The number of carbonyl (C=O) groups is 1. The van der Waals surface area contributed by atoms with Gasteiger partial charge in [0.05, 0.1) is 17.3 Å². The Labute approximate surface area is 185 Å². The van der Waals surface area contributed by atoms with Crippen LogP contribution in [-0.2, 0) is 0 Å². The van der Waals surface area contributed by atoms with Gasteiger partial charge in [-0.15, -0.1) is 0 Å². The number of hydrogen-bond acceptors (Lipinski definition) is 5. The number of carbonyl (C=O) groups excluding carboxylic acids is 1. The topological polar surface area (TPSA) is 106 Å². The third-order valence-corrected chi connectivity index (χ3v) is 5.46. The monoisotopic (exact) mass is 433 g/mol. The summed E-state index contributed by atoms with van der Waals surface area (Å²) in [5.41, 5.74) is 7.36. The Morgan fingerprint density at radius 2 is 2.03 bits per heavy atom. The van der Waals surface area contributed by atoms with Gasteiger partial charge < -0.3 is 16.2 Å². The number of rotatable bonds is 7. The second-order valence-electron chi connectivity index (χ2n) is 7.66. The zero-order valence-corrected chi connectivity index (χ0v) is 17.3. The van der Waals surface area contributed by atoms with E-state index >= 15 is 0 Å². The number of amides is 1. The van der Waals surface area contributed by atoms with Crippen LogP contribution in [0.25, 0.3) is 5.69 Å². The Balaban J connectivity index is 1.57. The first-order valence-corrected chi connectivity index (χ1v) is 10.4. The summed E-state index contributed by atoms with van der Waals surface area (Å²) in [5, 5.41) is 17.5. The Kier molecular flexibility index (Phi) is 6.42. The van der Waals surface area contributed by atoms with E-state index in [-0.39, 0.29) is 29.3 Å². The minimum Gasteiger partial charge on any atom is -0.507 e. The molecule has 3 aromatic rings. The highest BCUT2D eigenvalue weighted by atomic mass is 19.1. The molecule has 2 aromatic carbocycles. The summed E-state index contributed by atoms with van der Waals surface area (Å²) < 4.78 is 16.2. The van der Waals surface area contributed by atoms with Crippen LogP contribution >= 0.6 is 0 Å². The molecule has 7 nitrogen and oxygen atoms in total. The molecule has 1 aliphatic rings. The highest BCUT2D eigenvalue weighted by Crippen LogP contribution is 2.31. The summed E-state index contributed by atoms with van der Waals surface area (Å²) in [4.78, 5) is 17.1. The third-order valence-electron chi connectivity index (χ3n) is 5.46. The molecule has 1 aromatic heterocycles. The maximum absolute atomic E-state index is 14.7. The van der Waals surface area contributed by atoms with Gasteiger partial charge in [-0.05, 0) is 43.2 Å². The summed E-state index contributed by atoms with van der Waals surface area (Å²) >= 11 is 0. The van der Waals surface area contributed by atoms with Crippen molar-refractivity contribution in [2.45, 2.75) is 24.9 Å². The quantitative estimate of drug-likeness (QED) is 0.530. The van der Waals surface area contributed by atoms with Gasteiger partial charge in [-0.3, -0.25) is 9.79 Å². The summed E-state index contributed by atoms with van der Waals surface area (Å²) in [7, 11) is 0. The number of aromatic hydroxyl groups is 1. The fourth-order valence-corrected chi connectivity index (χ4v) is 3.75. The lowest BCUT2D eigenvalue weighted by atomic mass is 9.89.